The zero-order chi connectivity index (χ0) is 9.35. The van der Waals surface area contributed by atoms with Crippen LogP contribution in [0, 0.1) is 5.41 Å². The van der Waals surface area contributed by atoms with Gasteiger partial charge in [-0.05, 0) is 13.3 Å². The molecule has 0 aliphatic carbocycles. The Morgan fingerprint density at radius 1 is 1.50 bits per heavy atom. The van der Waals surface area contributed by atoms with Crippen LogP contribution >= 0.6 is 0 Å². The summed E-state index contributed by atoms with van der Waals surface area (Å²) in [4.78, 5) is 21.1. The van der Waals surface area contributed by atoms with E-state index in [1.54, 1.807) is 6.92 Å². The molecule has 5 nitrogen and oxygen atoms in total. The van der Waals surface area contributed by atoms with Crippen molar-refractivity contribution in [2.45, 2.75) is 19.4 Å². The second-order valence-corrected chi connectivity index (χ2v) is 3.34. The summed E-state index contributed by atoms with van der Waals surface area (Å²) in [6.07, 6.45) is 0.150. The van der Waals surface area contributed by atoms with E-state index in [0.717, 1.165) is 0 Å². The van der Waals surface area contributed by atoms with E-state index in [9.17, 15) is 9.59 Å². The molecule has 1 aliphatic rings. The summed E-state index contributed by atoms with van der Waals surface area (Å²) in [7, 11) is 0. The van der Waals surface area contributed by atoms with Crippen molar-refractivity contribution in [2.24, 2.45) is 5.41 Å². The van der Waals surface area contributed by atoms with Gasteiger partial charge >= 0.3 is 11.9 Å². The lowest BCUT2D eigenvalue weighted by atomic mass is 9.88. The standard InChI is InChI=1S/C7H11NO4/c1-7(6(11)12)2-4(5(9)10)8-3-7/h4,8H,2-3H2,1H3,(H,9,10)(H,11,12)/t4-,7-/m1/s1. The van der Waals surface area contributed by atoms with Gasteiger partial charge in [-0.1, -0.05) is 0 Å². The van der Waals surface area contributed by atoms with Crippen molar-refractivity contribution in [1.82, 2.24) is 5.32 Å². The second kappa shape index (κ2) is 2.75. The Morgan fingerprint density at radius 3 is 2.33 bits per heavy atom. The predicted octanol–water partition coefficient (Wildman–Crippen LogP) is -0.476. The van der Waals surface area contributed by atoms with Crippen LogP contribution in [0.4, 0.5) is 0 Å². The number of aliphatic carboxylic acids is 2. The van der Waals surface area contributed by atoms with Crippen LogP contribution in [-0.4, -0.2) is 34.7 Å². The smallest absolute Gasteiger partial charge is 0.320 e. The van der Waals surface area contributed by atoms with Gasteiger partial charge in [0.15, 0.2) is 0 Å². The van der Waals surface area contributed by atoms with Crippen LogP contribution in [0.2, 0.25) is 0 Å². The molecule has 0 radical (unpaired) electrons. The van der Waals surface area contributed by atoms with Crippen molar-refractivity contribution in [3.05, 3.63) is 0 Å². The molecule has 2 atom stereocenters. The van der Waals surface area contributed by atoms with Crippen LogP contribution in [0.15, 0.2) is 0 Å². The van der Waals surface area contributed by atoms with Gasteiger partial charge in [-0.25, -0.2) is 0 Å². The largest absolute Gasteiger partial charge is 0.481 e. The SMILES string of the molecule is C[C@]1(C(=O)O)CN[C@@H](C(=O)O)C1. The summed E-state index contributed by atoms with van der Waals surface area (Å²) in [5.74, 6) is -1.93. The number of carbonyl (C=O) groups is 2. The summed E-state index contributed by atoms with van der Waals surface area (Å²) in [5, 5.41) is 20.0. The highest BCUT2D eigenvalue weighted by atomic mass is 16.4. The van der Waals surface area contributed by atoms with Crippen LogP contribution in [0.25, 0.3) is 0 Å². The minimum atomic E-state index is -0.986. The number of nitrogens with one attached hydrogen (secondary N) is 1. The van der Waals surface area contributed by atoms with Crippen LogP contribution < -0.4 is 5.32 Å². The fourth-order valence-electron chi connectivity index (χ4n) is 1.28. The van der Waals surface area contributed by atoms with Crippen molar-refractivity contribution in [3.8, 4) is 0 Å². The number of hydrogen-bond acceptors (Lipinski definition) is 3. The van der Waals surface area contributed by atoms with E-state index >= 15 is 0 Å². The monoisotopic (exact) mass is 173 g/mol. The van der Waals surface area contributed by atoms with Crippen LogP contribution in [0.5, 0.6) is 0 Å². The molecule has 0 aromatic heterocycles. The molecular weight excluding hydrogens is 162 g/mol. The molecule has 1 fully saturated rings. The van der Waals surface area contributed by atoms with Crippen molar-refractivity contribution < 1.29 is 19.8 Å². The highest BCUT2D eigenvalue weighted by Gasteiger charge is 2.43. The van der Waals surface area contributed by atoms with E-state index in [-0.39, 0.29) is 13.0 Å². The molecule has 0 spiro atoms. The molecule has 0 saturated carbocycles. The maximum absolute atomic E-state index is 10.7. The zero-order valence-corrected chi connectivity index (χ0v) is 6.70. The molecule has 1 saturated heterocycles. The van der Waals surface area contributed by atoms with E-state index in [0.29, 0.717) is 0 Å². The lowest BCUT2D eigenvalue weighted by Crippen LogP contribution is -2.30. The maximum Gasteiger partial charge on any atom is 0.320 e. The van der Waals surface area contributed by atoms with E-state index < -0.39 is 23.4 Å². The molecule has 1 heterocycles. The normalized spacial score (nSPS) is 34.9. The molecule has 1 aliphatic heterocycles. The Labute approximate surface area is 69.4 Å². The fraction of sp³-hybridized carbons (Fsp3) is 0.714. The molecule has 0 aromatic carbocycles. The molecule has 1 rings (SSSR count). The predicted molar refractivity (Wildman–Crippen MR) is 39.8 cm³/mol. The number of hydrogen-bond donors (Lipinski definition) is 3. The summed E-state index contributed by atoms with van der Waals surface area (Å²) in [6.45, 7) is 1.77. The Morgan fingerprint density at radius 2 is 2.08 bits per heavy atom. The third-order valence-corrected chi connectivity index (χ3v) is 2.21. The Balaban J connectivity index is 2.67. The van der Waals surface area contributed by atoms with Crippen LogP contribution in [0.3, 0.4) is 0 Å². The van der Waals surface area contributed by atoms with Crippen LogP contribution in [-0.2, 0) is 9.59 Å². The first-order chi connectivity index (χ1) is 5.46. The Hall–Kier alpha value is -1.10. The molecule has 0 aromatic rings. The van der Waals surface area contributed by atoms with Gasteiger partial charge in [0.2, 0.25) is 0 Å². The highest BCUT2D eigenvalue weighted by molar-refractivity contribution is 5.80. The third-order valence-electron chi connectivity index (χ3n) is 2.21. The Bertz CT molecular complexity index is 227. The first-order valence-corrected chi connectivity index (χ1v) is 3.65. The fourth-order valence-corrected chi connectivity index (χ4v) is 1.28. The topological polar surface area (TPSA) is 86.6 Å². The number of carboxylic acids is 2. The zero-order valence-electron chi connectivity index (χ0n) is 6.70. The average Bonchev–Trinajstić information content (AvgIpc) is 2.33. The first-order valence-electron chi connectivity index (χ1n) is 3.65. The van der Waals surface area contributed by atoms with E-state index in [2.05, 4.69) is 5.32 Å². The summed E-state index contributed by atoms with van der Waals surface area (Å²) in [6, 6.07) is -0.717. The molecule has 12 heavy (non-hydrogen) atoms. The molecule has 5 heteroatoms. The van der Waals surface area contributed by atoms with Gasteiger partial charge in [-0.3, -0.25) is 9.59 Å². The first kappa shape index (κ1) is 8.99. The molecule has 3 N–H and O–H groups in total. The third kappa shape index (κ3) is 1.40. The van der Waals surface area contributed by atoms with Gasteiger partial charge in [0.25, 0.3) is 0 Å². The van der Waals surface area contributed by atoms with E-state index in [1.807, 2.05) is 0 Å². The second-order valence-electron chi connectivity index (χ2n) is 3.34. The lowest BCUT2D eigenvalue weighted by molar-refractivity contribution is -0.147. The van der Waals surface area contributed by atoms with Crippen molar-refractivity contribution in [1.29, 1.82) is 0 Å². The van der Waals surface area contributed by atoms with Gasteiger partial charge in [-0.2, -0.15) is 0 Å². The van der Waals surface area contributed by atoms with E-state index in [4.69, 9.17) is 10.2 Å². The van der Waals surface area contributed by atoms with Crippen LogP contribution in [0.1, 0.15) is 13.3 Å². The average molecular weight is 173 g/mol. The quantitative estimate of drug-likeness (QED) is 0.525. The summed E-state index contributed by atoms with van der Waals surface area (Å²) >= 11 is 0. The van der Waals surface area contributed by atoms with Gasteiger partial charge in [-0.15, -0.1) is 0 Å². The molecule has 0 unspecified atom stereocenters. The Kier molecular flexibility index (Phi) is 2.06. The maximum atomic E-state index is 10.7. The summed E-state index contributed by atoms with van der Waals surface area (Å²) in [5.41, 5.74) is -0.928. The molecular formula is C7H11NO4. The highest BCUT2D eigenvalue weighted by Crippen LogP contribution is 2.28. The minimum Gasteiger partial charge on any atom is -0.481 e. The number of carboxylic acid groups (broad SMARTS) is 2. The molecule has 0 amide bonds. The minimum absolute atomic E-state index is 0.150. The van der Waals surface area contributed by atoms with Crippen molar-refractivity contribution >= 4 is 11.9 Å². The summed E-state index contributed by atoms with van der Waals surface area (Å²) < 4.78 is 0. The lowest BCUT2D eigenvalue weighted by Gasteiger charge is -2.15. The van der Waals surface area contributed by atoms with Gasteiger partial charge in [0.05, 0.1) is 5.41 Å². The van der Waals surface area contributed by atoms with Crippen molar-refractivity contribution in [3.63, 3.8) is 0 Å². The molecule has 0 bridgehead atoms. The van der Waals surface area contributed by atoms with Gasteiger partial charge in [0, 0.05) is 6.54 Å². The molecule has 68 valence electrons. The van der Waals surface area contributed by atoms with Gasteiger partial charge < -0.3 is 15.5 Å². The number of rotatable bonds is 2. The van der Waals surface area contributed by atoms with Crippen molar-refractivity contribution in [2.75, 3.05) is 6.54 Å². The van der Waals surface area contributed by atoms with Gasteiger partial charge in [0.1, 0.15) is 6.04 Å². The van der Waals surface area contributed by atoms with E-state index in [1.165, 1.54) is 0 Å².